The van der Waals surface area contributed by atoms with Gasteiger partial charge in [-0.1, -0.05) is 17.7 Å². The highest BCUT2D eigenvalue weighted by Crippen LogP contribution is 2.34. The summed E-state index contributed by atoms with van der Waals surface area (Å²) < 4.78 is 0. The minimum Gasteiger partial charge on any atom is -0.346 e. The molecule has 32 heavy (non-hydrogen) atoms. The number of rotatable bonds is 4. The highest BCUT2D eigenvalue weighted by molar-refractivity contribution is 6.38. The molecule has 1 amide bonds. The number of aliphatic imine (C=N–C) groups is 1. The Labute approximate surface area is 188 Å². The van der Waals surface area contributed by atoms with Gasteiger partial charge in [-0.2, -0.15) is 0 Å². The molecule has 1 aromatic carbocycles. The van der Waals surface area contributed by atoms with Crippen LogP contribution in [-0.4, -0.2) is 26.6 Å². The molecular weight excluding hydrogens is 398 g/mol. The zero-order valence-electron chi connectivity index (χ0n) is 18.7. The summed E-state index contributed by atoms with van der Waals surface area (Å²) in [5.41, 5.74) is 8.32. The average Bonchev–Trinajstić information content (AvgIpc) is 3.29. The van der Waals surface area contributed by atoms with E-state index in [1.165, 1.54) is 23.1 Å². The van der Waals surface area contributed by atoms with Crippen LogP contribution in [0.2, 0.25) is 0 Å². The Morgan fingerprint density at radius 2 is 2.00 bits per heavy atom. The summed E-state index contributed by atoms with van der Waals surface area (Å²) in [6.07, 6.45) is 10.9. The van der Waals surface area contributed by atoms with E-state index in [1.807, 2.05) is 19.2 Å². The Morgan fingerprint density at radius 3 is 2.88 bits per heavy atom. The predicted octanol–water partition coefficient (Wildman–Crippen LogP) is 5.43. The molecule has 5 rings (SSSR count). The zero-order chi connectivity index (χ0) is 22.1. The van der Waals surface area contributed by atoms with E-state index in [0.29, 0.717) is 5.71 Å². The number of hydrogen-bond acceptors (Lipinski definition) is 4. The van der Waals surface area contributed by atoms with Crippen molar-refractivity contribution in [3.63, 3.8) is 0 Å². The lowest BCUT2D eigenvalue weighted by Gasteiger charge is -2.27. The molecule has 1 atom stereocenters. The molecule has 0 saturated carbocycles. The molecule has 0 bridgehead atoms. The van der Waals surface area contributed by atoms with Crippen LogP contribution in [0.5, 0.6) is 0 Å². The topological polar surface area (TPSA) is 83.0 Å². The van der Waals surface area contributed by atoms with Crippen molar-refractivity contribution >= 4 is 22.7 Å². The van der Waals surface area contributed by atoms with E-state index in [9.17, 15) is 4.79 Å². The molecule has 2 heterocycles. The zero-order valence-corrected chi connectivity index (χ0v) is 18.7. The number of hydrogen-bond donors (Lipinski definition) is 2. The van der Waals surface area contributed by atoms with Gasteiger partial charge in [-0.3, -0.25) is 9.79 Å². The van der Waals surface area contributed by atoms with Crippen molar-refractivity contribution in [1.29, 1.82) is 0 Å². The number of carbonyl (C=O) groups excluding carboxylic acids is 1. The average molecular weight is 428 g/mol. The Hall–Kier alpha value is -3.28. The minimum atomic E-state index is -0.0670. The van der Waals surface area contributed by atoms with Crippen molar-refractivity contribution in [2.75, 3.05) is 0 Å². The molecule has 3 aromatic rings. The first-order valence-electron chi connectivity index (χ1n) is 11.6. The van der Waals surface area contributed by atoms with Crippen LogP contribution < -0.4 is 5.32 Å². The summed E-state index contributed by atoms with van der Waals surface area (Å²) in [5, 5.41) is 4.26. The van der Waals surface area contributed by atoms with Crippen molar-refractivity contribution in [1.82, 2.24) is 20.3 Å². The van der Waals surface area contributed by atoms with Gasteiger partial charge in [0.25, 0.3) is 5.91 Å². The fourth-order valence-electron chi connectivity index (χ4n) is 4.92. The van der Waals surface area contributed by atoms with Crippen LogP contribution in [0.15, 0.2) is 53.1 Å². The summed E-state index contributed by atoms with van der Waals surface area (Å²) in [6.45, 7) is 3.96. The van der Waals surface area contributed by atoms with E-state index in [-0.39, 0.29) is 11.9 Å². The summed E-state index contributed by atoms with van der Waals surface area (Å²) in [5.74, 6) is -0.0670. The molecule has 0 radical (unpaired) electrons. The fourth-order valence-corrected chi connectivity index (χ4v) is 4.92. The Bertz CT molecular complexity index is 1240. The van der Waals surface area contributed by atoms with E-state index in [1.54, 1.807) is 6.33 Å². The van der Waals surface area contributed by atoms with Gasteiger partial charge in [0.2, 0.25) is 0 Å². The van der Waals surface area contributed by atoms with Crippen LogP contribution in [0.4, 0.5) is 0 Å². The quantitative estimate of drug-likeness (QED) is 0.545. The van der Waals surface area contributed by atoms with E-state index < -0.39 is 0 Å². The van der Waals surface area contributed by atoms with Gasteiger partial charge in [-0.05, 0) is 82.1 Å². The maximum absolute atomic E-state index is 12.9. The third-order valence-corrected chi connectivity index (χ3v) is 6.73. The number of nitrogens with one attached hydrogen (secondary N) is 2. The lowest BCUT2D eigenvalue weighted by atomic mass is 9.86. The summed E-state index contributed by atoms with van der Waals surface area (Å²) in [7, 11) is 0. The number of fused-ring (bicyclic) bond motifs is 2. The first kappa shape index (κ1) is 20.6. The molecule has 2 aliphatic rings. The van der Waals surface area contributed by atoms with E-state index in [0.717, 1.165) is 66.5 Å². The molecule has 164 valence electrons. The molecular formula is C26H29N5O. The van der Waals surface area contributed by atoms with E-state index in [4.69, 9.17) is 0 Å². The number of benzene rings is 1. The molecule has 2 aliphatic carbocycles. The normalized spacial score (nSPS) is 19.2. The number of aromatic amines is 1. The standard InChI is InChI=1S/C26H29N5O/c1-16-6-3-4-8-22(16)30-17(2)26(32)31-23-9-5-7-18-14-19(10-11-20(18)23)24-21-12-13-27-25(21)29-15-28-24/h10-15,23H,3-9H2,1-2H3,(H,31,32)(H,27,28,29). The van der Waals surface area contributed by atoms with Gasteiger partial charge < -0.3 is 10.3 Å². The molecule has 6 nitrogen and oxygen atoms in total. The van der Waals surface area contributed by atoms with Crippen LogP contribution in [0.25, 0.3) is 22.3 Å². The number of aryl methyl sites for hydroxylation is 1. The minimum absolute atomic E-state index is 0.0181. The summed E-state index contributed by atoms with van der Waals surface area (Å²) in [4.78, 5) is 29.6. The number of amides is 1. The first-order valence-corrected chi connectivity index (χ1v) is 11.6. The van der Waals surface area contributed by atoms with Gasteiger partial charge in [0.05, 0.1) is 11.7 Å². The predicted molar refractivity (Wildman–Crippen MR) is 127 cm³/mol. The largest absolute Gasteiger partial charge is 0.346 e. The van der Waals surface area contributed by atoms with Gasteiger partial charge >= 0.3 is 0 Å². The molecule has 1 unspecified atom stereocenters. The van der Waals surface area contributed by atoms with Gasteiger partial charge in [-0.15, -0.1) is 0 Å². The highest BCUT2D eigenvalue weighted by atomic mass is 16.1. The van der Waals surface area contributed by atoms with Crippen LogP contribution in [-0.2, 0) is 11.2 Å². The first-order chi connectivity index (χ1) is 15.6. The van der Waals surface area contributed by atoms with Gasteiger partial charge in [0.15, 0.2) is 0 Å². The number of carbonyl (C=O) groups is 1. The molecule has 0 saturated heterocycles. The Balaban J connectivity index is 1.38. The monoisotopic (exact) mass is 427 g/mol. The fraction of sp³-hybridized carbons (Fsp3) is 0.385. The highest BCUT2D eigenvalue weighted by Gasteiger charge is 2.24. The summed E-state index contributed by atoms with van der Waals surface area (Å²) >= 11 is 0. The summed E-state index contributed by atoms with van der Waals surface area (Å²) in [6, 6.07) is 8.51. The van der Waals surface area contributed by atoms with Crippen LogP contribution in [0.3, 0.4) is 0 Å². The number of aromatic nitrogens is 3. The van der Waals surface area contributed by atoms with Crippen molar-refractivity contribution in [3.8, 4) is 11.3 Å². The Morgan fingerprint density at radius 1 is 1.12 bits per heavy atom. The molecule has 0 fully saturated rings. The maximum Gasteiger partial charge on any atom is 0.265 e. The third kappa shape index (κ3) is 3.97. The Kier molecular flexibility index (Phi) is 5.60. The van der Waals surface area contributed by atoms with Crippen LogP contribution in [0.1, 0.15) is 69.5 Å². The smallest absolute Gasteiger partial charge is 0.265 e. The lowest BCUT2D eigenvalue weighted by Crippen LogP contribution is -2.35. The second-order valence-electron chi connectivity index (χ2n) is 8.93. The molecule has 6 heteroatoms. The van der Waals surface area contributed by atoms with E-state index >= 15 is 0 Å². The van der Waals surface area contributed by atoms with Crippen molar-refractivity contribution in [2.45, 2.75) is 64.8 Å². The molecule has 2 N–H and O–H groups in total. The second kappa shape index (κ2) is 8.69. The SMILES string of the molecule is CC(=NC1=C(C)CCCC1)C(=O)NC1CCCc2cc(-c3ncnc4[nH]ccc34)ccc21. The van der Waals surface area contributed by atoms with Crippen molar-refractivity contribution < 1.29 is 4.79 Å². The number of H-pyrrole nitrogens is 1. The van der Waals surface area contributed by atoms with Gasteiger partial charge in [0.1, 0.15) is 17.7 Å². The second-order valence-corrected chi connectivity index (χ2v) is 8.93. The maximum atomic E-state index is 12.9. The van der Waals surface area contributed by atoms with Crippen LogP contribution >= 0.6 is 0 Å². The molecule has 0 spiro atoms. The lowest BCUT2D eigenvalue weighted by molar-refractivity contribution is -0.115. The van der Waals surface area contributed by atoms with Crippen molar-refractivity contribution in [3.05, 3.63) is 59.2 Å². The van der Waals surface area contributed by atoms with Crippen LogP contribution in [0, 0.1) is 0 Å². The molecule has 0 aliphatic heterocycles. The van der Waals surface area contributed by atoms with E-state index in [2.05, 4.69) is 50.4 Å². The number of nitrogens with zero attached hydrogens (tertiary/aromatic N) is 3. The third-order valence-electron chi connectivity index (χ3n) is 6.73. The molecule has 2 aromatic heterocycles. The van der Waals surface area contributed by atoms with Gasteiger partial charge in [0, 0.05) is 22.8 Å². The number of allylic oxidation sites excluding steroid dienone is 2. The van der Waals surface area contributed by atoms with Gasteiger partial charge in [-0.25, -0.2) is 9.97 Å². The van der Waals surface area contributed by atoms with Crippen molar-refractivity contribution in [2.24, 2.45) is 4.99 Å².